The van der Waals surface area contributed by atoms with Crippen LogP contribution in [0.3, 0.4) is 0 Å². The van der Waals surface area contributed by atoms with Crippen LogP contribution < -0.4 is 5.32 Å². The van der Waals surface area contributed by atoms with Gasteiger partial charge in [0.15, 0.2) is 5.69 Å². The second-order valence-electron chi connectivity index (χ2n) is 7.30. The molecule has 1 amide bonds. The van der Waals surface area contributed by atoms with Gasteiger partial charge in [0.2, 0.25) is 5.95 Å². The largest absolute Gasteiger partial charge is 0.309 e. The van der Waals surface area contributed by atoms with Crippen LogP contribution >= 0.6 is 11.6 Å². The van der Waals surface area contributed by atoms with E-state index in [1.807, 2.05) is 31.2 Å². The summed E-state index contributed by atoms with van der Waals surface area (Å²) in [7, 11) is 1.77. The summed E-state index contributed by atoms with van der Waals surface area (Å²) in [4.78, 5) is 19.9. The lowest BCUT2D eigenvalue weighted by Crippen LogP contribution is -2.32. The molecule has 7 nitrogen and oxygen atoms in total. The summed E-state index contributed by atoms with van der Waals surface area (Å²) in [5.41, 5.74) is 2.85. The lowest BCUT2D eigenvalue weighted by atomic mass is 10.1. The van der Waals surface area contributed by atoms with Gasteiger partial charge in [-0.05, 0) is 45.0 Å². The molecular weight excluding hydrogens is 376 g/mol. The van der Waals surface area contributed by atoms with Crippen molar-refractivity contribution in [3.8, 4) is 0 Å². The van der Waals surface area contributed by atoms with Gasteiger partial charge in [-0.15, -0.1) is 0 Å². The predicted octanol–water partition coefficient (Wildman–Crippen LogP) is 3.47. The molecule has 3 aromatic rings. The fourth-order valence-electron chi connectivity index (χ4n) is 3.71. The SMILES string of the molecule is Cc1c(Cl)c(C(=O)Nc2nc3ccccc3n2CCN2CCCCC2)nn1C. The van der Waals surface area contributed by atoms with Crippen LogP contribution in [-0.2, 0) is 13.6 Å². The van der Waals surface area contributed by atoms with E-state index in [-0.39, 0.29) is 11.6 Å². The first-order valence-electron chi connectivity index (χ1n) is 9.72. The molecule has 1 aromatic carbocycles. The van der Waals surface area contributed by atoms with Gasteiger partial charge in [0, 0.05) is 20.1 Å². The molecule has 0 aliphatic carbocycles. The number of aromatic nitrogens is 4. The lowest BCUT2D eigenvalue weighted by Gasteiger charge is -2.26. The zero-order valence-electron chi connectivity index (χ0n) is 16.3. The molecule has 0 atom stereocenters. The molecule has 3 heterocycles. The average Bonchev–Trinajstić information content (AvgIpc) is 3.18. The minimum absolute atomic E-state index is 0.219. The fourth-order valence-corrected chi connectivity index (χ4v) is 3.96. The molecule has 1 saturated heterocycles. The van der Waals surface area contributed by atoms with Gasteiger partial charge in [-0.3, -0.25) is 14.8 Å². The summed E-state index contributed by atoms with van der Waals surface area (Å²) < 4.78 is 3.68. The highest BCUT2D eigenvalue weighted by Gasteiger charge is 2.21. The molecule has 8 heteroatoms. The average molecular weight is 401 g/mol. The van der Waals surface area contributed by atoms with Gasteiger partial charge in [0.25, 0.3) is 5.91 Å². The summed E-state index contributed by atoms with van der Waals surface area (Å²) in [5, 5.41) is 7.53. The van der Waals surface area contributed by atoms with E-state index < -0.39 is 0 Å². The Morgan fingerprint density at radius 3 is 2.64 bits per heavy atom. The van der Waals surface area contributed by atoms with Crippen LogP contribution in [0.4, 0.5) is 5.95 Å². The van der Waals surface area contributed by atoms with E-state index in [9.17, 15) is 4.79 Å². The summed E-state index contributed by atoms with van der Waals surface area (Å²) in [6.07, 6.45) is 3.83. The highest BCUT2D eigenvalue weighted by Crippen LogP contribution is 2.23. The number of hydrogen-bond acceptors (Lipinski definition) is 4. The molecule has 0 spiro atoms. The lowest BCUT2D eigenvalue weighted by molar-refractivity contribution is 0.102. The number of rotatable bonds is 5. The molecule has 4 rings (SSSR count). The number of imidazole rings is 1. The molecule has 1 N–H and O–H groups in total. The van der Waals surface area contributed by atoms with Crippen LogP contribution in [0.1, 0.15) is 35.4 Å². The molecule has 1 aliphatic heterocycles. The maximum Gasteiger partial charge on any atom is 0.280 e. The second kappa shape index (κ2) is 7.93. The van der Waals surface area contributed by atoms with Crippen LogP contribution in [0.5, 0.6) is 0 Å². The number of hydrogen-bond donors (Lipinski definition) is 1. The Balaban J connectivity index is 1.60. The molecule has 1 fully saturated rings. The van der Waals surface area contributed by atoms with Crippen LogP contribution in [0, 0.1) is 6.92 Å². The van der Waals surface area contributed by atoms with Crippen molar-refractivity contribution in [2.45, 2.75) is 32.7 Å². The first kappa shape index (κ1) is 19.0. The molecule has 0 saturated carbocycles. The zero-order chi connectivity index (χ0) is 19.7. The number of fused-ring (bicyclic) bond motifs is 1. The molecule has 0 bridgehead atoms. The third-order valence-corrected chi connectivity index (χ3v) is 5.90. The van der Waals surface area contributed by atoms with E-state index in [1.54, 1.807) is 11.7 Å². The number of carbonyl (C=O) groups excluding carboxylic acids is 1. The minimum Gasteiger partial charge on any atom is -0.309 e. The van der Waals surface area contributed by atoms with E-state index in [0.717, 1.165) is 42.9 Å². The van der Waals surface area contributed by atoms with Crippen LogP contribution in [0.15, 0.2) is 24.3 Å². The molecule has 28 heavy (non-hydrogen) atoms. The van der Waals surface area contributed by atoms with E-state index in [2.05, 4.69) is 24.9 Å². The normalized spacial score (nSPS) is 15.2. The number of piperidine rings is 1. The molecule has 2 aromatic heterocycles. The van der Waals surface area contributed by atoms with Gasteiger partial charge < -0.3 is 9.47 Å². The van der Waals surface area contributed by atoms with E-state index in [4.69, 9.17) is 11.6 Å². The number of benzene rings is 1. The van der Waals surface area contributed by atoms with Crippen LogP contribution in [0.2, 0.25) is 5.02 Å². The zero-order valence-corrected chi connectivity index (χ0v) is 17.0. The quantitative estimate of drug-likeness (QED) is 0.712. The minimum atomic E-state index is -0.344. The Bertz CT molecular complexity index is 1000. The second-order valence-corrected chi connectivity index (χ2v) is 7.68. The molecule has 148 valence electrons. The number of aryl methyl sites for hydroxylation is 1. The first-order chi connectivity index (χ1) is 13.5. The Morgan fingerprint density at radius 1 is 1.18 bits per heavy atom. The highest BCUT2D eigenvalue weighted by molar-refractivity contribution is 6.34. The van der Waals surface area contributed by atoms with Gasteiger partial charge in [-0.25, -0.2) is 4.98 Å². The molecule has 1 aliphatic rings. The number of carbonyl (C=O) groups is 1. The van der Waals surface area contributed by atoms with Crippen molar-refractivity contribution < 1.29 is 4.79 Å². The third-order valence-electron chi connectivity index (χ3n) is 5.44. The van der Waals surface area contributed by atoms with Crippen molar-refractivity contribution in [3.63, 3.8) is 0 Å². The summed E-state index contributed by atoms with van der Waals surface area (Å²) >= 11 is 6.28. The number of nitrogens with one attached hydrogen (secondary N) is 1. The summed E-state index contributed by atoms with van der Waals surface area (Å²) in [6.45, 7) is 5.81. The molecular formula is C20H25ClN6O. The van der Waals surface area contributed by atoms with Crippen molar-refractivity contribution in [2.24, 2.45) is 7.05 Å². The van der Waals surface area contributed by atoms with Gasteiger partial charge in [0.1, 0.15) is 0 Å². The number of likely N-dealkylation sites (tertiary alicyclic amines) is 1. The number of nitrogens with zero attached hydrogens (tertiary/aromatic N) is 5. The standard InChI is InChI=1S/C20H25ClN6O/c1-14-17(21)18(24-25(14)2)19(28)23-20-22-15-8-4-5-9-16(15)27(20)13-12-26-10-6-3-7-11-26/h4-5,8-9H,3,6-7,10-13H2,1-2H3,(H,22,23,28). The van der Waals surface area contributed by atoms with Gasteiger partial charge in [-0.2, -0.15) is 5.10 Å². The van der Waals surface area contributed by atoms with Crippen molar-refractivity contribution in [2.75, 3.05) is 25.0 Å². The van der Waals surface area contributed by atoms with Gasteiger partial charge >= 0.3 is 0 Å². The van der Waals surface area contributed by atoms with E-state index in [0.29, 0.717) is 11.0 Å². The number of anilines is 1. The fraction of sp³-hybridized carbons (Fsp3) is 0.450. The van der Waals surface area contributed by atoms with Gasteiger partial charge in [-0.1, -0.05) is 30.2 Å². The van der Waals surface area contributed by atoms with Crippen molar-refractivity contribution >= 4 is 34.5 Å². The third kappa shape index (κ3) is 3.64. The smallest absolute Gasteiger partial charge is 0.280 e. The Morgan fingerprint density at radius 2 is 1.93 bits per heavy atom. The summed E-state index contributed by atoms with van der Waals surface area (Å²) in [5.74, 6) is 0.186. The maximum atomic E-state index is 12.8. The Hall–Kier alpha value is -2.38. The molecule has 0 unspecified atom stereocenters. The maximum absolute atomic E-state index is 12.8. The Kier molecular flexibility index (Phi) is 5.37. The Labute approximate surface area is 169 Å². The number of halogens is 1. The topological polar surface area (TPSA) is 68.0 Å². The van der Waals surface area contributed by atoms with E-state index >= 15 is 0 Å². The van der Waals surface area contributed by atoms with Crippen LogP contribution in [0.25, 0.3) is 11.0 Å². The predicted molar refractivity (Wildman–Crippen MR) is 111 cm³/mol. The monoisotopic (exact) mass is 400 g/mol. The van der Waals surface area contributed by atoms with Crippen molar-refractivity contribution in [1.82, 2.24) is 24.2 Å². The van der Waals surface area contributed by atoms with Gasteiger partial charge in [0.05, 0.1) is 21.7 Å². The van der Waals surface area contributed by atoms with Crippen molar-refractivity contribution in [3.05, 3.63) is 40.7 Å². The van der Waals surface area contributed by atoms with Crippen molar-refractivity contribution in [1.29, 1.82) is 0 Å². The number of para-hydroxylation sites is 2. The van der Waals surface area contributed by atoms with E-state index in [1.165, 1.54) is 19.3 Å². The summed E-state index contributed by atoms with van der Waals surface area (Å²) in [6, 6.07) is 7.94. The first-order valence-corrected chi connectivity index (χ1v) is 10.1. The molecule has 0 radical (unpaired) electrons. The number of amides is 1. The van der Waals surface area contributed by atoms with Crippen LogP contribution in [-0.4, -0.2) is 49.8 Å². The highest BCUT2D eigenvalue weighted by atomic mass is 35.5.